The highest BCUT2D eigenvalue weighted by Crippen LogP contribution is 2.40. The average Bonchev–Trinajstić information content (AvgIpc) is 2.47. The summed E-state index contributed by atoms with van der Waals surface area (Å²) in [6, 6.07) is 0.249. The summed E-state index contributed by atoms with van der Waals surface area (Å²) in [7, 11) is 0. The van der Waals surface area contributed by atoms with Gasteiger partial charge in [-0.05, 0) is 26.7 Å². The second-order valence-corrected chi connectivity index (χ2v) is 6.16. The van der Waals surface area contributed by atoms with E-state index in [1.54, 1.807) is 0 Å². The minimum Gasteiger partial charge on any atom is -0.481 e. The highest BCUT2D eigenvalue weighted by atomic mass is 16.4. The van der Waals surface area contributed by atoms with Crippen LogP contribution in [0.5, 0.6) is 0 Å². The van der Waals surface area contributed by atoms with Gasteiger partial charge in [-0.1, -0.05) is 25.7 Å². The molecule has 2 fully saturated rings. The van der Waals surface area contributed by atoms with Crippen LogP contribution in [0.1, 0.15) is 58.8 Å². The number of amides is 1. The van der Waals surface area contributed by atoms with Crippen molar-refractivity contribution in [1.82, 2.24) is 4.90 Å². The van der Waals surface area contributed by atoms with E-state index < -0.39 is 17.4 Å². The first kappa shape index (κ1) is 13.4. The number of carbonyl (C=O) groups is 2. The van der Waals surface area contributed by atoms with Crippen LogP contribution in [-0.4, -0.2) is 33.5 Å². The maximum atomic E-state index is 12.2. The summed E-state index contributed by atoms with van der Waals surface area (Å²) in [6.07, 6.45) is 7.01. The first-order chi connectivity index (χ1) is 8.44. The van der Waals surface area contributed by atoms with Crippen molar-refractivity contribution in [3.8, 4) is 0 Å². The third-order valence-corrected chi connectivity index (χ3v) is 4.61. The number of rotatable bonds is 2. The predicted molar refractivity (Wildman–Crippen MR) is 68.2 cm³/mol. The number of carboxylic acids is 1. The molecule has 1 atom stereocenters. The van der Waals surface area contributed by atoms with Crippen LogP contribution in [-0.2, 0) is 9.59 Å². The Labute approximate surface area is 108 Å². The van der Waals surface area contributed by atoms with Gasteiger partial charge in [-0.15, -0.1) is 0 Å². The van der Waals surface area contributed by atoms with Gasteiger partial charge in [-0.2, -0.15) is 0 Å². The Morgan fingerprint density at radius 3 is 2.22 bits per heavy atom. The summed E-state index contributed by atoms with van der Waals surface area (Å²) in [5.41, 5.74) is -0.544. The normalized spacial score (nSPS) is 29.3. The monoisotopic (exact) mass is 253 g/mol. The number of likely N-dealkylation sites (tertiary alicyclic amines) is 1. The fourth-order valence-electron chi connectivity index (χ4n) is 3.59. The molecule has 0 aromatic carbocycles. The number of carboxylic acid groups (broad SMARTS) is 1. The molecular formula is C14H23NO3. The van der Waals surface area contributed by atoms with Crippen molar-refractivity contribution in [2.45, 2.75) is 70.4 Å². The highest BCUT2D eigenvalue weighted by molar-refractivity contribution is 5.88. The predicted octanol–water partition coefficient (Wildman–Crippen LogP) is 2.42. The molecule has 1 amide bonds. The molecule has 1 saturated carbocycles. The van der Waals surface area contributed by atoms with E-state index in [1.807, 2.05) is 18.7 Å². The Hall–Kier alpha value is -1.06. The molecule has 1 unspecified atom stereocenters. The van der Waals surface area contributed by atoms with Crippen LogP contribution >= 0.6 is 0 Å². The van der Waals surface area contributed by atoms with Crippen molar-refractivity contribution in [1.29, 1.82) is 0 Å². The van der Waals surface area contributed by atoms with Crippen LogP contribution < -0.4 is 0 Å². The van der Waals surface area contributed by atoms with Crippen molar-refractivity contribution in [2.24, 2.45) is 5.92 Å². The SMILES string of the molecule is CC1(C)C(C(=O)O)CC(=O)N1C1CCCCCC1. The lowest BCUT2D eigenvalue weighted by Gasteiger charge is -2.40. The molecule has 0 spiro atoms. The van der Waals surface area contributed by atoms with Crippen LogP contribution in [0, 0.1) is 5.92 Å². The number of aliphatic carboxylic acids is 1. The summed E-state index contributed by atoms with van der Waals surface area (Å²) in [4.78, 5) is 25.3. The van der Waals surface area contributed by atoms with Crippen molar-refractivity contribution >= 4 is 11.9 Å². The molecule has 1 aliphatic carbocycles. The molecule has 1 N–H and O–H groups in total. The van der Waals surface area contributed by atoms with Crippen LogP contribution in [0.4, 0.5) is 0 Å². The van der Waals surface area contributed by atoms with Gasteiger partial charge in [0.2, 0.25) is 5.91 Å². The lowest BCUT2D eigenvalue weighted by atomic mass is 9.87. The molecule has 2 rings (SSSR count). The topological polar surface area (TPSA) is 57.6 Å². The van der Waals surface area contributed by atoms with E-state index in [0.29, 0.717) is 0 Å². The number of hydrogen-bond donors (Lipinski definition) is 1. The molecule has 1 heterocycles. The van der Waals surface area contributed by atoms with Gasteiger partial charge in [0.15, 0.2) is 0 Å². The molecular weight excluding hydrogens is 230 g/mol. The molecule has 0 aromatic rings. The van der Waals surface area contributed by atoms with Crippen molar-refractivity contribution in [3.05, 3.63) is 0 Å². The molecule has 102 valence electrons. The van der Waals surface area contributed by atoms with E-state index in [2.05, 4.69) is 0 Å². The van der Waals surface area contributed by atoms with Gasteiger partial charge in [-0.25, -0.2) is 0 Å². The van der Waals surface area contributed by atoms with E-state index in [4.69, 9.17) is 0 Å². The molecule has 1 aliphatic heterocycles. The second-order valence-electron chi connectivity index (χ2n) is 6.16. The standard InChI is InChI=1S/C14H23NO3/c1-14(2)11(13(17)18)9-12(16)15(14)10-7-5-3-4-6-8-10/h10-11H,3-9H2,1-2H3,(H,17,18). The van der Waals surface area contributed by atoms with E-state index >= 15 is 0 Å². The Kier molecular flexibility index (Phi) is 3.64. The maximum Gasteiger partial charge on any atom is 0.309 e. The first-order valence-corrected chi connectivity index (χ1v) is 6.99. The van der Waals surface area contributed by atoms with Gasteiger partial charge in [0.1, 0.15) is 0 Å². The zero-order valence-electron chi connectivity index (χ0n) is 11.3. The summed E-state index contributed by atoms with van der Waals surface area (Å²) in [5, 5.41) is 9.26. The Morgan fingerprint density at radius 2 is 1.78 bits per heavy atom. The molecule has 4 nitrogen and oxygen atoms in total. The second kappa shape index (κ2) is 4.90. The van der Waals surface area contributed by atoms with Gasteiger partial charge in [-0.3, -0.25) is 9.59 Å². The van der Waals surface area contributed by atoms with Crippen LogP contribution in [0.2, 0.25) is 0 Å². The molecule has 0 aromatic heterocycles. The minimum absolute atomic E-state index is 0.0271. The highest BCUT2D eigenvalue weighted by Gasteiger charge is 2.51. The van der Waals surface area contributed by atoms with Crippen molar-refractivity contribution < 1.29 is 14.7 Å². The maximum absolute atomic E-state index is 12.2. The third kappa shape index (κ3) is 2.25. The number of nitrogens with zero attached hydrogens (tertiary/aromatic N) is 1. The number of hydrogen-bond acceptors (Lipinski definition) is 2. The average molecular weight is 253 g/mol. The van der Waals surface area contributed by atoms with Crippen LogP contribution in [0.3, 0.4) is 0 Å². The van der Waals surface area contributed by atoms with Gasteiger partial charge in [0.25, 0.3) is 0 Å². The van der Waals surface area contributed by atoms with E-state index in [1.165, 1.54) is 12.8 Å². The lowest BCUT2D eigenvalue weighted by molar-refractivity contribution is -0.144. The van der Waals surface area contributed by atoms with Gasteiger partial charge >= 0.3 is 5.97 Å². The summed E-state index contributed by atoms with van der Waals surface area (Å²) >= 11 is 0. The summed E-state index contributed by atoms with van der Waals surface area (Å²) < 4.78 is 0. The van der Waals surface area contributed by atoms with Crippen LogP contribution in [0.15, 0.2) is 0 Å². The Bertz CT molecular complexity index is 343. The van der Waals surface area contributed by atoms with E-state index in [0.717, 1.165) is 25.7 Å². The zero-order chi connectivity index (χ0) is 13.3. The quantitative estimate of drug-likeness (QED) is 0.769. The molecule has 2 aliphatic rings. The third-order valence-electron chi connectivity index (χ3n) is 4.61. The van der Waals surface area contributed by atoms with Crippen molar-refractivity contribution in [3.63, 3.8) is 0 Å². The van der Waals surface area contributed by atoms with Gasteiger partial charge in [0.05, 0.1) is 11.5 Å². The molecule has 18 heavy (non-hydrogen) atoms. The van der Waals surface area contributed by atoms with Gasteiger partial charge in [0, 0.05) is 12.5 Å². The van der Waals surface area contributed by atoms with Crippen LogP contribution in [0.25, 0.3) is 0 Å². The molecule has 4 heteroatoms. The Balaban J connectivity index is 2.20. The van der Waals surface area contributed by atoms with E-state index in [9.17, 15) is 14.7 Å². The fourth-order valence-corrected chi connectivity index (χ4v) is 3.59. The van der Waals surface area contributed by atoms with Gasteiger partial charge < -0.3 is 10.0 Å². The van der Waals surface area contributed by atoms with Crippen molar-refractivity contribution in [2.75, 3.05) is 0 Å². The minimum atomic E-state index is -0.843. The molecule has 0 bridgehead atoms. The number of carbonyl (C=O) groups excluding carboxylic acids is 1. The zero-order valence-corrected chi connectivity index (χ0v) is 11.3. The Morgan fingerprint density at radius 1 is 1.22 bits per heavy atom. The largest absolute Gasteiger partial charge is 0.481 e. The summed E-state index contributed by atoms with van der Waals surface area (Å²) in [5.74, 6) is -1.38. The lowest BCUT2D eigenvalue weighted by Crippen LogP contribution is -2.51. The molecule has 0 radical (unpaired) electrons. The first-order valence-electron chi connectivity index (χ1n) is 6.99. The smallest absolute Gasteiger partial charge is 0.309 e. The van der Waals surface area contributed by atoms with E-state index in [-0.39, 0.29) is 18.4 Å². The molecule has 1 saturated heterocycles. The fraction of sp³-hybridized carbons (Fsp3) is 0.857. The summed E-state index contributed by atoms with van der Waals surface area (Å²) in [6.45, 7) is 3.81.